The fraction of sp³-hybridized carbons (Fsp3) is 0.562. The van der Waals surface area contributed by atoms with Gasteiger partial charge in [0.1, 0.15) is 0 Å². The molecule has 0 amide bonds. The van der Waals surface area contributed by atoms with Gasteiger partial charge in [0.2, 0.25) is 0 Å². The van der Waals surface area contributed by atoms with Crippen molar-refractivity contribution in [2.45, 2.75) is 51.7 Å². The van der Waals surface area contributed by atoms with E-state index in [-0.39, 0.29) is 5.97 Å². The van der Waals surface area contributed by atoms with Gasteiger partial charge in [-0.05, 0) is 30.9 Å². The van der Waals surface area contributed by atoms with Crippen LogP contribution in [0.5, 0.6) is 0 Å². The van der Waals surface area contributed by atoms with Crippen molar-refractivity contribution in [3.05, 3.63) is 29.3 Å². The molecule has 1 aliphatic carbocycles. The van der Waals surface area contributed by atoms with Gasteiger partial charge in [-0.15, -0.1) is 0 Å². The lowest BCUT2D eigenvalue weighted by Gasteiger charge is -2.15. The molecular weight excluding hydrogens is 254 g/mol. The number of carbonyl (C=O) groups is 1. The number of nitrogens with two attached hydrogens (primary N) is 1. The van der Waals surface area contributed by atoms with Gasteiger partial charge < -0.3 is 15.2 Å². The Kier molecular flexibility index (Phi) is 5.41. The quantitative estimate of drug-likeness (QED) is 0.640. The van der Waals surface area contributed by atoms with Crippen molar-refractivity contribution in [2.75, 3.05) is 12.3 Å². The van der Waals surface area contributed by atoms with Crippen LogP contribution in [0.2, 0.25) is 0 Å². The molecule has 2 N–H and O–H groups in total. The number of benzene rings is 1. The smallest absolute Gasteiger partial charge is 0.340 e. The third-order valence-electron chi connectivity index (χ3n) is 3.60. The number of hydrogen-bond acceptors (Lipinski definition) is 4. The van der Waals surface area contributed by atoms with Crippen LogP contribution in [0.15, 0.2) is 18.2 Å². The summed E-state index contributed by atoms with van der Waals surface area (Å²) in [6, 6.07) is 5.45. The molecule has 0 heterocycles. The first-order chi connectivity index (χ1) is 9.72. The van der Waals surface area contributed by atoms with Crippen LogP contribution in [0.4, 0.5) is 5.69 Å². The normalized spacial score (nSPS) is 15.4. The van der Waals surface area contributed by atoms with E-state index < -0.39 is 0 Å². The highest BCUT2D eigenvalue weighted by Crippen LogP contribution is 2.24. The van der Waals surface area contributed by atoms with Crippen LogP contribution in [0.25, 0.3) is 0 Å². The first-order valence-corrected chi connectivity index (χ1v) is 7.38. The zero-order valence-corrected chi connectivity index (χ0v) is 12.1. The van der Waals surface area contributed by atoms with Crippen molar-refractivity contribution < 1.29 is 14.3 Å². The second kappa shape index (κ2) is 7.29. The van der Waals surface area contributed by atoms with E-state index in [4.69, 9.17) is 15.2 Å². The summed E-state index contributed by atoms with van der Waals surface area (Å²) in [7, 11) is 0. The van der Waals surface area contributed by atoms with E-state index in [2.05, 4.69) is 0 Å². The molecule has 0 spiro atoms. The maximum absolute atomic E-state index is 12.1. The SMILES string of the molecule is CCCOC(=O)c1c(N)cccc1COC1CCCC1. The van der Waals surface area contributed by atoms with Gasteiger partial charge in [-0.2, -0.15) is 0 Å². The predicted molar refractivity (Wildman–Crippen MR) is 78.5 cm³/mol. The van der Waals surface area contributed by atoms with Gasteiger partial charge in [0.25, 0.3) is 0 Å². The molecule has 0 radical (unpaired) electrons. The minimum atomic E-state index is -0.352. The van der Waals surface area contributed by atoms with Gasteiger partial charge >= 0.3 is 5.97 Å². The van der Waals surface area contributed by atoms with E-state index in [0.717, 1.165) is 24.8 Å². The minimum Gasteiger partial charge on any atom is -0.462 e. The lowest BCUT2D eigenvalue weighted by molar-refractivity contribution is 0.0410. The van der Waals surface area contributed by atoms with E-state index in [1.807, 2.05) is 19.1 Å². The van der Waals surface area contributed by atoms with Crippen LogP contribution in [-0.4, -0.2) is 18.7 Å². The lowest BCUT2D eigenvalue weighted by atomic mass is 10.1. The Labute approximate surface area is 120 Å². The summed E-state index contributed by atoms with van der Waals surface area (Å²) >= 11 is 0. The second-order valence-electron chi connectivity index (χ2n) is 5.23. The van der Waals surface area contributed by atoms with Gasteiger partial charge in [-0.25, -0.2) is 4.79 Å². The third-order valence-corrected chi connectivity index (χ3v) is 3.60. The Hall–Kier alpha value is -1.55. The fourth-order valence-corrected chi connectivity index (χ4v) is 2.52. The number of nitrogen functional groups attached to an aromatic ring is 1. The van der Waals surface area contributed by atoms with E-state index in [1.54, 1.807) is 6.07 Å². The number of esters is 1. The molecule has 20 heavy (non-hydrogen) atoms. The average molecular weight is 277 g/mol. The van der Waals surface area contributed by atoms with Crippen molar-refractivity contribution in [3.8, 4) is 0 Å². The van der Waals surface area contributed by atoms with E-state index in [1.165, 1.54) is 12.8 Å². The minimum absolute atomic E-state index is 0.316. The maximum Gasteiger partial charge on any atom is 0.340 e. The molecule has 4 nitrogen and oxygen atoms in total. The zero-order chi connectivity index (χ0) is 14.4. The van der Waals surface area contributed by atoms with Gasteiger partial charge in [0, 0.05) is 5.69 Å². The Morgan fingerprint density at radius 3 is 2.80 bits per heavy atom. The fourth-order valence-electron chi connectivity index (χ4n) is 2.52. The number of ether oxygens (including phenoxy) is 2. The first-order valence-electron chi connectivity index (χ1n) is 7.38. The summed E-state index contributed by atoms with van der Waals surface area (Å²) < 4.78 is 11.1. The molecule has 1 saturated carbocycles. The molecule has 1 aliphatic rings. The highest BCUT2D eigenvalue weighted by Gasteiger charge is 2.19. The highest BCUT2D eigenvalue weighted by atomic mass is 16.5. The topological polar surface area (TPSA) is 61.5 Å². The number of rotatable bonds is 6. The molecule has 0 aliphatic heterocycles. The average Bonchev–Trinajstić information content (AvgIpc) is 2.95. The summed E-state index contributed by atoms with van der Waals surface area (Å²) in [6.45, 7) is 2.80. The van der Waals surface area contributed by atoms with Crippen LogP contribution < -0.4 is 5.73 Å². The zero-order valence-electron chi connectivity index (χ0n) is 12.1. The number of carbonyl (C=O) groups excluding carboxylic acids is 1. The second-order valence-corrected chi connectivity index (χ2v) is 5.23. The van der Waals surface area contributed by atoms with Crippen molar-refractivity contribution in [1.82, 2.24) is 0 Å². The van der Waals surface area contributed by atoms with E-state index in [0.29, 0.717) is 30.6 Å². The number of anilines is 1. The van der Waals surface area contributed by atoms with Crippen LogP contribution in [-0.2, 0) is 16.1 Å². The molecule has 110 valence electrons. The summed E-state index contributed by atoms with van der Waals surface area (Å²) in [5.74, 6) is -0.352. The van der Waals surface area contributed by atoms with Crippen LogP contribution >= 0.6 is 0 Å². The van der Waals surface area contributed by atoms with Crippen molar-refractivity contribution in [1.29, 1.82) is 0 Å². The van der Waals surface area contributed by atoms with E-state index in [9.17, 15) is 4.79 Å². The molecule has 1 aromatic rings. The summed E-state index contributed by atoms with van der Waals surface area (Å²) in [5.41, 5.74) is 7.65. The Morgan fingerprint density at radius 2 is 2.10 bits per heavy atom. The molecule has 1 fully saturated rings. The van der Waals surface area contributed by atoms with Crippen LogP contribution in [0.3, 0.4) is 0 Å². The summed E-state index contributed by atoms with van der Waals surface area (Å²) in [5, 5.41) is 0. The van der Waals surface area contributed by atoms with Gasteiger partial charge in [-0.1, -0.05) is 31.9 Å². The standard InChI is InChI=1S/C16H23NO3/c1-2-10-19-16(18)15-12(6-5-9-14(15)17)11-20-13-7-3-4-8-13/h5-6,9,13H,2-4,7-8,10-11,17H2,1H3. The molecule has 0 bridgehead atoms. The monoisotopic (exact) mass is 277 g/mol. The Balaban J connectivity index is 2.06. The Morgan fingerprint density at radius 1 is 1.35 bits per heavy atom. The Bertz CT molecular complexity index is 453. The molecule has 0 aromatic heterocycles. The molecule has 0 unspecified atom stereocenters. The van der Waals surface area contributed by atoms with E-state index >= 15 is 0 Å². The van der Waals surface area contributed by atoms with Crippen LogP contribution in [0, 0.1) is 0 Å². The highest BCUT2D eigenvalue weighted by molar-refractivity contribution is 5.96. The summed E-state index contributed by atoms with van der Waals surface area (Å²) in [6.07, 6.45) is 5.79. The van der Waals surface area contributed by atoms with Gasteiger partial charge in [-0.3, -0.25) is 0 Å². The van der Waals surface area contributed by atoms with Crippen molar-refractivity contribution in [3.63, 3.8) is 0 Å². The molecular formula is C16H23NO3. The molecule has 0 saturated heterocycles. The van der Waals surface area contributed by atoms with Gasteiger partial charge in [0.15, 0.2) is 0 Å². The predicted octanol–water partition coefficient (Wildman–Crippen LogP) is 3.29. The van der Waals surface area contributed by atoms with Crippen molar-refractivity contribution in [2.24, 2.45) is 0 Å². The largest absolute Gasteiger partial charge is 0.462 e. The van der Waals surface area contributed by atoms with Gasteiger partial charge in [0.05, 0.1) is 24.9 Å². The van der Waals surface area contributed by atoms with Crippen LogP contribution in [0.1, 0.15) is 54.9 Å². The maximum atomic E-state index is 12.1. The lowest BCUT2D eigenvalue weighted by Crippen LogP contribution is -2.14. The van der Waals surface area contributed by atoms with Crippen molar-refractivity contribution >= 4 is 11.7 Å². The molecule has 4 heteroatoms. The number of hydrogen-bond donors (Lipinski definition) is 1. The molecule has 2 rings (SSSR count). The molecule has 0 atom stereocenters. The summed E-state index contributed by atoms with van der Waals surface area (Å²) in [4.78, 5) is 12.1. The first kappa shape index (κ1) is 14.9. The third kappa shape index (κ3) is 3.73. The molecule has 1 aromatic carbocycles.